The fourth-order valence-corrected chi connectivity index (χ4v) is 2.82. The second kappa shape index (κ2) is 7.44. The topological polar surface area (TPSA) is 32.3 Å². The molecular formula is C17H26N2O. The molecule has 0 saturated carbocycles. The summed E-state index contributed by atoms with van der Waals surface area (Å²) in [7, 11) is 0. The van der Waals surface area contributed by atoms with Crippen molar-refractivity contribution in [3.63, 3.8) is 0 Å². The number of likely N-dealkylation sites (tertiary alicyclic amines) is 1. The number of aryl methyl sites for hydroxylation is 2. The van der Waals surface area contributed by atoms with Gasteiger partial charge >= 0.3 is 0 Å². The second-order valence-corrected chi connectivity index (χ2v) is 5.72. The number of rotatable bonds is 5. The summed E-state index contributed by atoms with van der Waals surface area (Å²) in [5.41, 5.74) is 2.52. The number of hydrogen-bond acceptors (Lipinski definition) is 2. The molecule has 1 fully saturated rings. The Morgan fingerprint density at radius 2 is 2.10 bits per heavy atom. The zero-order chi connectivity index (χ0) is 14.4. The first kappa shape index (κ1) is 15.0. The first-order valence-electron chi connectivity index (χ1n) is 7.75. The average Bonchev–Trinajstić information content (AvgIpc) is 2.47. The third-order valence-corrected chi connectivity index (χ3v) is 4.02. The number of benzene rings is 1. The van der Waals surface area contributed by atoms with Crippen LogP contribution in [0.3, 0.4) is 0 Å². The molecule has 1 amide bonds. The maximum Gasteiger partial charge on any atom is 0.222 e. The van der Waals surface area contributed by atoms with Crippen LogP contribution in [0.15, 0.2) is 24.3 Å². The number of nitrogens with zero attached hydrogens (tertiary/aromatic N) is 1. The van der Waals surface area contributed by atoms with Gasteiger partial charge in [0.1, 0.15) is 0 Å². The summed E-state index contributed by atoms with van der Waals surface area (Å²) in [6.45, 7) is 6.99. The summed E-state index contributed by atoms with van der Waals surface area (Å²) in [6, 6.07) is 8.96. The highest BCUT2D eigenvalue weighted by Crippen LogP contribution is 2.13. The van der Waals surface area contributed by atoms with Gasteiger partial charge in [-0.3, -0.25) is 4.79 Å². The van der Waals surface area contributed by atoms with Crippen LogP contribution in [-0.2, 0) is 11.2 Å². The first-order valence-corrected chi connectivity index (χ1v) is 7.75. The molecule has 0 bridgehead atoms. The molecular weight excluding hydrogens is 248 g/mol. The van der Waals surface area contributed by atoms with Gasteiger partial charge in [-0.1, -0.05) is 36.8 Å². The molecule has 3 nitrogen and oxygen atoms in total. The molecule has 1 aromatic carbocycles. The van der Waals surface area contributed by atoms with Gasteiger partial charge in [0.05, 0.1) is 0 Å². The van der Waals surface area contributed by atoms with Gasteiger partial charge < -0.3 is 10.2 Å². The molecule has 2 rings (SSSR count). The maximum absolute atomic E-state index is 12.3. The Morgan fingerprint density at radius 3 is 2.80 bits per heavy atom. The Morgan fingerprint density at radius 1 is 1.35 bits per heavy atom. The highest BCUT2D eigenvalue weighted by atomic mass is 16.2. The summed E-state index contributed by atoms with van der Waals surface area (Å²) >= 11 is 0. The number of hydrogen-bond donors (Lipinski definition) is 1. The monoisotopic (exact) mass is 274 g/mol. The fourth-order valence-electron chi connectivity index (χ4n) is 2.82. The molecule has 1 heterocycles. The zero-order valence-electron chi connectivity index (χ0n) is 12.7. The number of carbonyl (C=O) groups excluding carboxylic acids is 1. The van der Waals surface area contributed by atoms with E-state index in [9.17, 15) is 4.79 Å². The van der Waals surface area contributed by atoms with E-state index in [-0.39, 0.29) is 0 Å². The molecule has 1 unspecified atom stereocenters. The molecule has 1 saturated heterocycles. The number of likely N-dealkylation sites (N-methyl/N-ethyl adjacent to an activating group) is 1. The van der Waals surface area contributed by atoms with Gasteiger partial charge in [-0.15, -0.1) is 0 Å². The highest BCUT2D eigenvalue weighted by molar-refractivity contribution is 5.76. The van der Waals surface area contributed by atoms with Crippen molar-refractivity contribution in [1.29, 1.82) is 0 Å². The van der Waals surface area contributed by atoms with E-state index in [0.717, 1.165) is 32.5 Å². The third kappa shape index (κ3) is 4.34. The molecule has 3 heteroatoms. The van der Waals surface area contributed by atoms with Crippen molar-refractivity contribution in [1.82, 2.24) is 10.2 Å². The van der Waals surface area contributed by atoms with Crippen LogP contribution in [0.25, 0.3) is 0 Å². The van der Waals surface area contributed by atoms with Gasteiger partial charge in [0.15, 0.2) is 0 Å². The minimum atomic E-state index is 0.299. The molecule has 0 aromatic heterocycles. The van der Waals surface area contributed by atoms with E-state index >= 15 is 0 Å². The molecule has 1 N–H and O–H groups in total. The van der Waals surface area contributed by atoms with E-state index in [1.807, 2.05) is 4.90 Å². The highest BCUT2D eigenvalue weighted by Gasteiger charge is 2.22. The van der Waals surface area contributed by atoms with Crippen molar-refractivity contribution in [2.24, 2.45) is 0 Å². The Bertz CT molecular complexity index is 425. The summed E-state index contributed by atoms with van der Waals surface area (Å²) in [5, 5.41) is 3.46. The van der Waals surface area contributed by atoms with Gasteiger partial charge in [-0.05, 0) is 38.3 Å². The van der Waals surface area contributed by atoms with Crippen molar-refractivity contribution >= 4 is 5.91 Å². The molecule has 1 atom stereocenters. The van der Waals surface area contributed by atoms with Gasteiger partial charge in [0.2, 0.25) is 5.91 Å². The van der Waals surface area contributed by atoms with E-state index in [0.29, 0.717) is 18.4 Å². The van der Waals surface area contributed by atoms with Crippen molar-refractivity contribution in [2.45, 2.75) is 45.6 Å². The van der Waals surface area contributed by atoms with Crippen LogP contribution in [0.1, 0.15) is 37.3 Å². The molecule has 0 radical (unpaired) electrons. The SMILES string of the molecule is CCNC1CCCN(C(=O)CCc2ccc(C)cc2)C1. The number of carbonyl (C=O) groups is 1. The smallest absolute Gasteiger partial charge is 0.222 e. The Balaban J connectivity index is 1.80. The van der Waals surface area contributed by atoms with Crippen LogP contribution in [0, 0.1) is 6.92 Å². The van der Waals surface area contributed by atoms with Crippen molar-refractivity contribution in [3.8, 4) is 0 Å². The fraction of sp³-hybridized carbons (Fsp3) is 0.588. The summed E-state index contributed by atoms with van der Waals surface area (Å²) in [6.07, 6.45) is 3.78. The lowest BCUT2D eigenvalue weighted by molar-refractivity contribution is -0.132. The van der Waals surface area contributed by atoms with Crippen LogP contribution >= 0.6 is 0 Å². The Hall–Kier alpha value is -1.35. The van der Waals surface area contributed by atoms with Crippen LogP contribution < -0.4 is 5.32 Å². The molecule has 1 aromatic rings. The van der Waals surface area contributed by atoms with E-state index in [1.54, 1.807) is 0 Å². The lowest BCUT2D eigenvalue weighted by Crippen LogP contribution is -2.48. The largest absolute Gasteiger partial charge is 0.341 e. The van der Waals surface area contributed by atoms with Crippen molar-refractivity contribution < 1.29 is 4.79 Å². The van der Waals surface area contributed by atoms with Crippen LogP contribution in [0.5, 0.6) is 0 Å². The molecule has 1 aliphatic rings. The minimum absolute atomic E-state index is 0.299. The van der Waals surface area contributed by atoms with Crippen LogP contribution in [-0.4, -0.2) is 36.5 Å². The first-order chi connectivity index (χ1) is 9.69. The average molecular weight is 274 g/mol. The molecule has 110 valence electrons. The summed E-state index contributed by atoms with van der Waals surface area (Å²) in [5.74, 6) is 0.299. The van der Waals surface area contributed by atoms with E-state index in [2.05, 4.69) is 43.4 Å². The van der Waals surface area contributed by atoms with Crippen molar-refractivity contribution in [3.05, 3.63) is 35.4 Å². The molecule has 0 aliphatic carbocycles. The molecule has 1 aliphatic heterocycles. The number of nitrogens with one attached hydrogen (secondary N) is 1. The lowest BCUT2D eigenvalue weighted by atomic mass is 10.0. The zero-order valence-corrected chi connectivity index (χ0v) is 12.7. The predicted octanol–water partition coefficient (Wildman–Crippen LogP) is 2.53. The normalized spacial score (nSPS) is 19.1. The third-order valence-electron chi connectivity index (χ3n) is 4.02. The number of piperidine rings is 1. The molecule has 0 spiro atoms. The van der Waals surface area contributed by atoms with E-state index in [1.165, 1.54) is 17.5 Å². The van der Waals surface area contributed by atoms with Gasteiger partial charge in [-0.2, -0.15) is 0 Å². The van der Waals surface area contributed by atoms with E-state index in [4.69, 9.17) is 0 Å². The Labute approximate surface area is 122 Å². The molecule has 20 heavy (non-hydrogen) atoms. The maximum atomic E-state index is 12.3. The van der Waals surface area contributed by atoms with Gasteiger partial charge in [-0.25, -0.2) is 0 Å². The second-order valence-electron chi connectivity index (χ2n) is 5.72. The quantitative estimate of drug-likeness (QED) is 0.895. The van der Waals surface area contributed by atoms with Crippen molar-refractivity contribution in [2.75, 3.05) is 19.6 Å². The van der Waals surface area contributed by atoms with Gasteiger partial charge in [0, 0.05) is 25.6 Å². The van der Waals surface area contributed by atoms with Gasteiger partial charge in [0.25, 0.3) is 0 Å². The summed E-state index contributed by atoms with van der Waals surface area (Å²) < 4.78 is 0. The van der Waals surface area contributed by atoms with E-state index < -0.39 is 0 Å². The van der Waals surface area contributed by atoms with Crippen LogP contribution in [0.4, 0.5) is 0 Å². The number of amides is 1. The minimum Gasteiger partial charge on any atom is -0.341 e. The Kier molecular flexibility index (Phi) is 5.60. The predicted molar refractivity (Wildman–Crippen MR) is 82.8 cm³/mol. The summed E-state index contributed by atoms with van der Waals surface area (Å²) in [4.78, 5) is 14.3. The van der Waals surface area contributed by atoms with Crippen LogP contribution in [0.2, 0.25) is 0 Å². The standard InChI is InChI=1S/C17H26N2O/c1-3-18-16-5-4-12-19(13-16)17(20)11-10-15-8-6-14(2)7-9-15/h6-9,16,18H,3-5,10-13H2,1-2H3. The lowest BCUT2D eigenvalue weighted by Gasteiger charge is -2.33.